The van der Waals surface area contributed by atoms with Crippen LogP contribution in [0.25, 0.3) is 11.5 Å². The third-order valence-corrected chi connectivity index (χ3v) is 4.89. The minimum atomic E-state index is 0.423. The highest BCUT2D eigenvalue weighted by Gasteiger charge is 2.26. The summed E-state index contributed by atoms with van der Waals surface area (Å²) < 4.78 is 12.6. The molecule has 0 bridgehead atoms. The highest BCUT2D eigenvalue weighted by atomic mass is 16.5. The first kappa shape index (κ1) is 15.7. The van der Waals surface area contributed by atoms with Crippen molar-refractivity contribution in [2.24, 2.45) is 11.8 Å². The Morgan fingerprint density at radius 2 is 2.04 bits per heavy atom. The predicted octanol–water partition coefficient (Wildman–Crippen LogP) is 2.15. The maximum Gasteiger partial charge on any atom is 0.246 e. The van der Waals surface area contributed by atoms with Crippen LogP contribution in [0.5, 0.6) is 5.88 Å². The first-order chi connectivity index (χ1) is 12.1. The molecule has 0 spiro atoms. The lowest BCUT2D eigenvalue weighted by atomic mass is 9.82. The van der Waals surface area contributed by atoms with Gasteiger partial charge in [-0.15, -0.1) is 0 Å². The molecule has 0 saturated heterocycles. The zero-order valence-electron chi connectivity index (χ0n) is 14.5. The van der Waals surface area contributed by atoms with Gasteiger partial charge in [-0.05, 0) is 24.7 Å². The summed E-state index contributed by atoms with van der Waals surface area (Å²) in [6.07, 6.45) is 5.34. The van der Waals surface area contributed by atoms with Crippen molar-refractivity contribution in [2.45, 2.75) is 33.2 Å². The minimum absolute atomic E-state index is 0.423. The number of rotatable bonds is 4. The van der Waals surface area contributed by atoms with E-state index in [1.165, 1.54) is 17.7 Å². The van der Waals surface area contributed by atoms with E-state index in [0.717, 1.165) is 12.8 Å². The van der Waals surface area contributed by atoms with Gasteiger partial charge in [0.2, 0.25) is 17.6 Å². The van der Waals surface area contributed by atoms with E-state index in [4.69, 9.17) is 9.26 Å². The van der Waals surface area contributed by atoms with Crippen LogP contribution >= 0.6 is 0 Å². The molecule has 1 aliphatic carbocycles. The molecule has 2 unspecified atom stereocenters. The molecule has 0 N–H and O–H groups in total. The van der Waals surface area contributed by atoms with Gasteiger partial charge >= 0.3 is 0 Å². The third-order valence-electron chi connectivity index (χ3n) is 4.89. The Balaban J connectivity index is 1.56. The highest BCUT2D eigenvalue weighted by molar-refractivity contribution is 5.49. The zero-order chi connectivity index (χ0) is 17.4. The molecule has 0 radical (unpaired) electrons. The predicted molar refractivity (Wildman–Crippen MR) is 88.9 cm³/mol. The van der Waals surface area contributed by atoms with E-state index < -0.39 is 0 Å². The fourth-order valence-corrected chi connectivity index (χ4v) is 3.15. The second-order valence-corrected chi connectivity index (χ2v) is 6.59. The van der Waals surface area contributed by atoms with E-state index in [1.54, 1.807) is 13.2 Å². The molecule has 3 aromatic heterocycles. The summed E-state index contributed by atoms with van der Waals surface area (Å²) in [5.41, 5.74) is 3.02. The number of methoxy groups -OCH3 is 1. The van der Waals surface area contributed by atoms with E-state index in [2.05, 4.69) is 43.5 Å². The van der Waals surface area contributed by atoms with E-state index in [1.807, 2.05) is 6.33 Å². The summed E-state index contributed by atoms with van der Waals surface area (Å²) in [6, 6.07) is 1.68. The molecule has 8 nitrogen and oxygen atoms in total. The number of hydrogen-bond donors (Lipinski definition) is 0. The molecule has 1 aliphatic rings. The first-order valence-corrected chi connectivity index (χ1v) is 8.36. The summed E-state index contributed by atoms with van der Waals surface area (Å²) in [5, 5.41) is 4.02. The van der Waals surface area contributed by atoms with Gasteiger partial charge in [0.1, 0.15) is 18.6 Å². The standard InChI is InChI=1S/C17H20N6O2/c1-10-4-12-14(5-11(10)2)23(9-20-12)7-16-21-17(22-25-16)13-6-15(24-3)19-8-18-13/h6,8-11H,4-5,7H2,1-3H3. The van der Waals surface area contributed by atoms with Gasteiger partial charge in [-0.2, -0.15) is 4.98 Å². The quantitative estimate of drug-likeness (QED) is 0.718. The van der Waals surface area contributed by atoms with Gasteiger partial charge in [0.15, 0.2) is 0 Å². The highest BCUT2D eigenvalue weighted by Crippen LogP contribution is 2.29. The van der Waals surface area contributed by atoms with Crippen molar-refractivity contribution in [1.29, 1.82) is 0 Å². The van der Waals surface area contributed by atoms with Crippen molar-refractivity contribution in [1.82, 2.24) is 29.7 Å². The van der Waals surface area contributed by atoms with Crippen LogP contribution in [0.3, 0.4) is 0 Å². The Hall–Kier alpha value is -2.77. The summed E-state index contributed by atoms with van der Waals surface area (Å²) in [7, 11) is 1.55. The molecule has 0 aromatic carbocycles. The lowest BCUT2D eigenvalue weighted by molar-refractivity contribution is 0.341. The second-order valence-electron chi connectivity index (χ2n) is 6.59. The average Bonchev–Trinajstić information content (AvgIpc) is 3.24. The summed E-state index contributed by atoms with van der Waals surface area (Å²) in [4.78, 5) is 17.1. The van der Waals surface area contributed by atoms with Crippen molar-refractivity contribution < 1.29 is 9.26 Å². The van der Waals surface area contributed by atoms with Crippen LogP contribution in [0.4, 0.5) is 0 Å². The van der Waals surface area contributed by atoms with Crippen LogP contribution < -0.4 is 4.74 Å². The molecule has 3 aromatic rings. The van der Waals surface area contributed by atoms with Gasteiger partial charge in [0, 0.05) is 11.8 Å². The van der Waals surface area contributed by atoms with Gasteiger partial charge in [-0.1, -0.05) is 19.0 Å². The normalized spacial score (nSPS) is 19.6. The maximum absolute atomic E-state index is 5.39. The Bertz CT molecular complexity index is 887. The second kappa shape index (κ2) is 6.27. The van der Waals surface area contributed by atoms with Gasteiger partial charge in [-0.25, -0.2) is 15.0 Å². The minimum Gasteiger partial charge on any atom is -0.481 e. The largest absolute Gasteiger partial charge is 0.481 e. The van der Waals surface area contributed by atoms with Crippen LogP contribution in [0.15, 0.2) is 23.2 Å². The summed E-state index contributed by atoms with van der Waals surface area (Å²) in [5.74, 6) is 2.72. The van der Waals surface area contributed by atoms with Crippen molar-refractivity contribution >= 4 is 0 Å². The van der Waals surface area contributed by atoms with Gasteiger partial charge < -0.3 is 13.8 Å². The van der Waals surface area contributed by atoms with Crippen LogP contribution in [0, 0.1) is 11.8 Å². The van der Waals surface area contributed by atoms with Crippen molar-refractivity contribution in [3.63, 3.8) is 0 Å². The topological polar surface area (TPSA) is 91.8 Å². The number of nitrogens with zero attached hydrogens (tertiary/aromatic N) is 6. The van der Waals surface area contributed by atoms with Crippen LogP contribution in [-0.4, -0.2) is 36.8 Å². The number of hydrogen-bond acceptors (Lipinski definition) is 7. The third kappa shape index (κ3) is 2.99. The molecule has 0 saturated carbocycles. The molecule has 25 heavy (non-hydrogen) atoms. The SMILES string of the molecule is COc1cc(-c2noc(Cn3cnc4c3CC(C)C(C)C4)n2)ncn1. The maximum atomic E-state index is 5.39. The molecule has 4 rings (SSSR count). The van der Waals surface area contributed by atoms with Gasteiger partial charge in [0.25, 0.3) is 0 Å². The van der Waals surface area contributed by atoms with Crippen LogP contribution in [0.2, 0.25) is 0 Å². The molecule has 0 aliphatic heterocycles. The molecule has 0 amide bonds. The Labute approximate surface area is 145 Å². The summed E-state index contributed by atoms with van der Waals surface area (Å²) in [6.45, 7) is 5.09. The lowest BCUT2D eigenvalue weighted by Crippen LogP contribution is -2.22. The Morgan fingerprint density at radius 1 is 1.20 bits per heavy atom. The molecular weight excluding hydrogens is 320 g/mol. The molecule has 2 atom stereocenters. The monoisotopic (exact) mass is 340 g/mol. The molecule has 8 heteroatoms. The van der Waals surface area contributed by atoms with Crippen molar-refractivity contribution in [3.05, 3.63) is 36.0 Å². The first-order valence-electron chi connectivity index (χ1n) is 8.36. The van der Waals surface area contributed by atoms with E-state index >= 15 is 0 Å². The fraction of sp³-hybridized carbons (Fsp3) is 0.471. The fourth-order valence-electron chi connectivity index (χ4n) is 3.15. The van der Waals surface area contributed by atoms with Gasteiger partial charge in [0.05, 0.1) is 19.1 Å². The molecule has 3 heterocycles. The number of aromatic nitrogens is 6. The van der Waals surface area contributed by atoms with E-state index in [9.17, 15) is 0 Å². The summed E-state index contributed by atoms with van der Waals surface area (Å²) >= 11 is 0. The number of imidazole rings is 1. The lowest BCUT2D eigenvalue weighted by Gasteiger charge is -2.25. The Morgan fingerprint density at radius 3 is 2.88 bits per heavy atom. The van der Waals surface area contributed by atoms with Gasteiger partial charge in [-0.3, -0.25) is 0 Å². The zero-order valence-corrected chi connectivity index (χ0v) is 14.5. The van der Waals surface area contributed by atoms with E-state index in [-0.39, 0.29) is 0 Å². The number of fused-ring (bicyclic) bond motifs is 1. The molecular formula is C17H20N6O2. The van der Waals surface area contributed by atoms with Crippen molar-refractivity contribution in [3.8, 4) is 17.4 Å². The molecule has 130 valence electrons. The Kier molecular flexibility index (Phi) is 3.95. The van der Waals surface area contributed by atoms with Crippen molar-refractivity contribution in [2.75, 3.05) is 7.11 Å². The van der Waals surface area contributed by atoms with E-state index in [0.29, 0.717) is 41.7 Å². The molecule has 0 fully saturated rings. The van der Waals surface area contributed by atoms with Crippen LogP contribution in [0.1, 0.15) is 31.1 Å². The smallest absolute Gasteiger partial charge is 0.246 e. The average molecular weight is 340 g/mol. The number of ether oxygens (including phenoxy) is 1. The van der Waals surface area contributed by atoms with Crippen LogP contribution in [-0.2, 0) is 19.4 Å².